The van der Waals surface area contributed by atoms with Crippen LogP contribution in [0.4, 0.5) is 14.3 Å². The Morgan fingerprint density at radius 1 is 1.33 bits per heavy atom. The number of urea groups is 1. The van der Waals surface area contributed by atoms with Gasteiger partial charge in [0.25, 0.3) is 0 Å². The van der Waals surface area contributed by atoms with E-state index >= 15 is 0 Å². The van der Waals surface area contributed by atoms with Crippen LogP contribution in [0.1, 0.15) is 35.6 Å². The van der Waals surface area contributed by atoms with Crippen LogP contribution in [0, 0.1) is 11.7 Å². The zero-order chi connectivity index (χ0) is 18.4. The number of carbonyl (C=O) groups excluding carboxylic acids is 1. The Morgan fingerprint density at radius 2 is 2.19 bits per heavy atom. The van der Waals surface area contributed by atoms with Crippen LogP contribution in [0.5, 0.6) is 0 Å². The van der Waals surface area contributed by atoms with Crippen molar-refractivity contribution in [1.82, 2.24) is 15.6 Å². The summed E-state index contributed by atoms with van der Waals surface area (Å²) in [4.78, 5) is 19.2. The van der Waals surface area contributed by atoms with Crippen LogP contribution in [0.3, 0.4) is 0 Å². The fourth-order valence-corrected chi connectivity index (χ4v) is 5.46. The fraction of sp³-hybridized carbons (Fsp3) is 0.500. The Hall–Kier alpha value is -2.15. The molecule has 3 unspecified atom stereocenters. The second kappa shape index (κ2) is 6.78. The van der Waals surface area contributed by atoms with Crippen LogP contribution in [0.15, 0.2) is 23.6 Å². The van der Waals surface area contributed by atoms with E-state index in [9.17, 15) is 9.18 Å². The van der Waals surface area contributed by atoms with Gasteiger partial charge in [-0.2, -0.15) is 0 Å². The van der Waals surface area contributed by atoms with Gasteiger partial charge in [-0.15, -0.1) is 11.3 Å². The third-order valence-electron chi connectivity index (χ3n) is 5.97. The summed E-state index contributed by atoms with van der Waals surface area (Å²) >= 11 is 1.69. The van der Waals surface area contributed by atoms with Crippen molar-refractivity contribution in [2.75, 3.05) is 24.5 Å². The number of nitrogens with zero attached hydrogens (tertiary/aromatic N) is 2. The summed E-state index contributed by atoms with van der Waals surface area (Å²) in [6, 6.07) is 5.08. The van der Waals surface area contributed by atoms with Crippen molar-refractivity contribution >= 4 is 22.5 Å². The van der Waals surface area contributed by atoms with Crippen molar-refractivity contribution in [3.05, 3.63) is 46.2 Å². The minimum Gasteiger partial charge on any atom is -0.348 e. The highest BCUT2D eigenvalue weighted by Gasteiger charge is 2.56. The van der Waals surface area contributed by atoms with E-state index in [0.717, 1.165) is 42.3 Å². The van der Waals surface area contributed by atoms with E-state index in [4.69, 9.17) is 0 Å². The number of carbonyl (C=O) groups is 1. The highest BCUT2D eigenvalue weighted by molar-refractivity contribution is 7.13. The van der Waals surface area contributed by atoms with Crippen molar-refractivity contribution < 1.29 is 9.18 Å². The normalized spacial score (nSPS) is 25.2. The Bertz CT molecular complexity index is 863. The van der Waals surface area contributed by atoms with Crippen molar-refractivity contribution in [3.63, 3.8) is 0 Å². The maximum Gasteiger partial charge on any atom is 0.315 e. The van der Waals surface area contributed by atoms with Gasteiger partial charge in [-0.1, -0.05) is 6.07 Å². The molecule has 3 atom stereocenters. The third kappa shape index (κ3) is 3.29. The first kappa shape index (κ1) is 17.0. The molecule has 1 saturated heterocycles. The van der Waals surface area contributed by atoms with Crippen LogP contribution in [-0.4, -0.2) is 36.7 Å². The van der Waals surface area contributed by atoms with Gasteiger partial charge in [0.1, 0.15) is 5.82 Å². The molecule has 142 valence electrons. The summed E-state index contributed by atoms with van der Waals surface area (Å²) in [6.07, 6.45) is 4.11. The second-order valence-electron chi connectivity index (χ2n) is 7.73. The molecular weight excluding hydrogens is 363 g/mol. The Kier molecular flexibility index (Phi) is 4.27. The van der Waals surface area contributed by atoms with Gasteiger partial charge >= 0.3 is 6.03 Å². The maximum atomic E-state index is 13.3. The summed E-state index contributed by atoms with van der Waals surface area (Å²) < 4.78 is 13.3. The van der Waals surface area contributed by atoms with Crippen LogP contribution >= 0.6 is 11.3 Å². The van der Waals surface area contributed by atoms with Gasteiger partial charge in [-0.25, -0.2) is 14.2 Å². The molecule has 1 aromatic carbocycles. The number of thiazole rings is 1. The first-order chi connectivity index (χ1) is 13.2. The Morgan fingerprint density at radius 3 is 3.04 bits per heavy atom. The quantitative estimate of drug-likeness (QED) is 0.830. The number of fused-ring (bicyclic) bond motifs is 3. The Balaban J connectivity index is 1.08. The standard InChI is InChI=1S/C20H23FN4OS/c21-13-3-4-15-12(9-13)10-16-17(15)18(16)24-19(26)22-6-5-14-11-27-20(23-14)25-7-1-2-8-25/h3-4,9,11,16-18H,1-2,5-8,10H2,(H2,22,24,26). The molecule has 3 aliphatic rings. The van der Waals surface area contributed by atoms with Crippen LogP contribution < -0.4 is 15.5 Å². The van der Waals surface area contributed by atoms with Crippen molar-refractivity contribution in [1.29, 1.82) is 0 Å². The molecule has 7 heteroatoms. The molecular formula is C20H23FN4OS. The highest BCUT2D eigenvalue weighted by Crippen LogP contribution is 2.56. The summed E-state index contributed by atoms with van der Waals surface area (Å²) in [6.45, 7) is 2.79. The summed E-state index contributed by atoms with van der Waals surface area (Å²) in [7, 11) is 0. The van der Waals surface area contributed by atoms with Crippen LogP contribution in [0.2, 0.25) is 0 Å². The first-order valence-corrected chi connectivity index (χ1v) is 10.6. The maximum absolute atomic E-state index is 13.3. The molecule has 0 spiro atoms. The lowest BCUT2D eigenvalue weighted by molar-refractivity contribution is 0.240. The largest absolute Gasteiger partial charge is 0.348 e. The molecule has 2 heterocycles. The number of rotatable bonds is 5. The highest BCUT2D eigenvalue weighted by atomic mass is 32.1. The number of amides is 2. The van der Waals surface area contributed by atoms with Gasteiger partial charge in [-0.3, -0.25) is 0 Å². The van der Waals surface area contributed by atoms with E-state index in [-0.39, 0.29) is 17.9 Å². The molecule has 1 aliphatic heterocycles. The zero-order valence-electron chi connectivity index (χ0n) is 15.1. The first-order valence-electron chi connectivity index (χ1n) is 9.71. The number of benzene rings is 1. The smallest absolute Gasteiger partial charge is 0.315 e. The molecule has 2 aromatic rings. The van der Waals surface area contributed by atoms with E-state index < -0.39 is 0 Å². The molecule has 2 fully saturated rings. The number of anilines is 1. The van der Waals surface area contributed by atoms with Crippen molar-refractivity contribution in [2.24, 2.45) is 5.92 Å². The van der Waals surface area contributed by atoms with Gasteiger partial charge in [-0.05, 0) is 48.4 Å². The van der Waals surface area contributed by atoms with Crippen LogP contribution in [-0.2, 0) is 12.8 Å². The molecule has 1 saturated carbocycles. The molecule has 2 N–H and O–H groups in total. The predicted molar refractivity (Wildman–Crippen MR) is 104 cm³/mol. The molecule has 1 aromatic heterocycles. The number of hydrogen-bond acceptors (Lipinski definition) is 4. The summed E-state index contributed by atoms with van der Waals surface area (Å²) in [5.41, 5.74) is 3.34. The number of halogens is 1. The molecule has 2 aliphatic carbocycles. The van der Waals surface area contributed by atoms with Crippen molar-refractivity contribution in [2.45, 2.75) is 37.6 Å². The van der Waals surface area contributed by atoms with Crippen LogP contribution in [0.25, 0.3) is 0 Å². The lowest BCUT2D eigenvalue weighted by Gasteiger charge is -2.12. The topological polar surface area (TPSA) is 57.3 Å². The lowest BCUT2D eigenvalue weighted by Crippen LogP contribution is -2.39. The average molecular weight is 386 g/mol. The zero-order valence-corrected chi connectivity index (χ0v) is 15.9. The molecule has 5 rings (SSSR count). The number of hydrogen-bond donors (Lipinski definition) is 2. The number of nitrogens with one attached hydrogen (secondary N) is 2. The van der Waals surface area contributed by atoms with E-state index in [1.54, 1.807) is 17.4 Å². The molecule has 0 radical (unpaired) electrons. The minimum absolute atomic E-state index is 0.118. The third-order valence-corrected chi connectivity index (χ3v) is 6.92. The van der Waals surface area contributed by atoms with Gasteiger partial charge in [0, 0.05) is 43.4 Å². The second-order valence-corrected chi connectivity index (χ2v) is 8.57. The summed E-state index contributed by atoms with van der Waals surface area (Å²) in [5.74, 6) is 0.606. The lowest BCUT2D eigenvalue weighted by atomic mass is 10.0. The van der Waals surface area contributed by atoms with E-state index in [0.29, 0.717) is 18.4 Å². The van der Waals surface area contributed by atoms with E-state index in [1.807, 2.05) is 6.07 Å². The number of aromatic nitrogens is 1. The minimum atomic E-state index is -0.174. The fourth-order valence-electron chi connectivity index (χ4n) is 4.55. The molecule has 27 heavy (non-hydrogen) atoms. The predicted octanol–water partition coefficient (Wildman–Crippen LogP) is 3.06. The average Bonchev–Trinajstić information content (AvgIpc) is 3.15. The summed E-state index contributed by atoms with van der Waals surface area (Å²) in [5, 5.41) is 9.22. The van der Waals surface area contributed by atoms with E-state index in [1.165, 1.54) is 24.5 Å². The van der Waals surface area contributed by atoms with E-state index in [2.05, 4.69) is 25.9 Å². The van der Waals surface area contributed by atoms with Gasteiger partial charge < -0.3 is 15.5 Å². The molecule has 5 nitrogen and oxygen atoms in total. The van der Waals surface area contributed by atoms with Gasteiger partial charge in [0.05, 0.1) is 5.69 Å². The molecule has 0 bridgehead atoms. The van der Waals surface area contributed by atoms with Gasteiger partial charge in [0.15, 0.2) is 5.13 Å². The van der Waals surface area contributed by atoms with Crippen molar-refractivity contribution in [3.8, 4) is 0 Å². The monoisotopic (exact) mass is 386 g/mol. The SMILES string of the molecule is O=C(NCCc1csc(N2CCCC2)n1)NC1C2Cc3cc(F)ccc3C21. The van der Waals surface area contributed by atoms with Gasteiger partial charge in [0.2, 0.25) is 0 Å². The molecule has 2 amide bonds. The Labute approximate surface area is 162 Å².